The quantitative estimate of drug-likeness (QED) is 0.653. The van der Waals surface area contributed by atoms with Gasteiger partial charge < -0.3 is 15.4 Å². The minimum absolute atomic E-state index is 0.0499. The second-order valence-corrected chi connectivity index (χ2v) is 8.36. The predicted octanol–water partition coefficient (Wildman–Crippen LogP) is 4.41. The van der Waals surface area contributed by atoms with Crippen molar-refractivity contribution in [2.24, 2.45) is 5.73 Å². The molecule has 0 radical (unpaired) electrons. The number of nitrogens with two attached hydrogens (primary N) is 1. The van der Waals surface area contributed by atoms with E-state index in [2.05, 4.69) is 0 Å². The highest BCUT2D eigenvalue weighted by atomic mass is 32.1. The normalized spacial score (nSPS) is 15.7. The summed E-state index contributed by atoms with van der Waals surface area (Å²) in [6.45, 7) is 1.05. The minimum Gasteiger partial charge on any atom is -0.494 e. The van der Waals surface area contributed by atoms with E-state index in [0.29, 0.717) is 39.5 Å². The van der Waals surface area contributed by atoms with Crippen molar-refractivity contribution in [1.29, 1.82) is 5.26 Å². The maximum absolute atomic E-state index is 14.4. The summed E-state index contributed by atoms with van der Waals surface area (Å²) in [5.41, 5.74) is 7.49. The summed E-state index contributed by atoms with van der Waals surface area (Å²) in [4.78, 5) is 15.8. The van der Waals surface area contributed by atoms with Gasteiger partial charge >= 0.3 is 0 Å². The van der Waals surface area contributed by atoms with Crippen LogP contribution in [0.5, 0.6) is 5.75 Å². The highest BCUT2D eigenvalue weighted by Gasteiger charge is 2.27. The van der Waals surface area contributed by atoms with Crippen LogP contribution in [0.3, 0.4) is 0 Å². The number of likely N-dealkylation sites (tertiary alicyclic amines) is 1. The number of halogens is 2. The standard InChI is InChI=1S/C23H19F2N3O2S/c1-30-20-5-4-14(9-19(20)25)22-17(13-2-3-15(11-26)18(24)8-13)10-21(31-22)23(29)28-7-6-16(27)12-28/h2-5,8-10,16H,6-7,12,27H2,1H3. The monoisotopic (exact) mass is 439 g/mol. The zero-order valence-corrected chi connectivity index (χ0v) is 17.5. The van der Waals surface area contributed by atoms with Crippen LogP contribution in [-0.2, 0) is 0 Å². The van der Waals surface area contributed by atoms with Gasteiger partial charge in [-0.25, -0.2) is 8.78 Å². The van der Waals surface area contributed by atoms with Crippen molar-refractivity contribution in [2.75, 3.05) is 20.2 Å². The first-order valence-corrected chi connectivity index (χ1v) is 10.5. The van der Waals surface area contributed by atoms with Crippen molar-refractivity contribution in [3.05, 3.63) is 64.5 Å². The van der Waals surface area contributed by atoms with Crippen LogP contribution < -0.4 is 10.5 Å². The molecule has 0 saturated carbocycles. The van der Waals surface area contributed by atoms with E-state index >= 15 is 0 Å². The van der Waals surface area contributed by atoms with Crippen LogP contribution in [0.1, 0.15) is 21.7 Å². The number of nitriles is 1. The van der Waals surface area contributed by atoms with Gasteiger partial charge in [0.1, 0.15) is 11.9 Å². The third kappa shape index (κ3) is 4.02. The van der Waals surface area contributed by atoms with Crippen molar-refractivity contribution < 1.29 is 18.3 Å². The molecule has 3 aromatic rings. The van der Waals surface area contributed by atoms with Crippen LogP contribution in [-0.4, -0.2) is 37.0 Å². The number of rotatable bonds is 4. The Balaban J connectivity index is 1.83. The van der Waals surface area contributed by atoms with Gasteiger partial charge in [0.05, 0.1) is 17.6 Å². The molecule has 0 bridgehead atoms. The Kier molecular flexibility index (Phi) is 5.72. The van der Waals surface area contributed by atoms with E-state index < -0.39 is 11.6 Å². The molecule has 1 aromatic heterocycles. The number of thiophene rings is 1. The number of methoxy groups -OCH3 is 1. The predicted molar refractivity (Wildman–Crippen MR) is 115 cm³/mol. The van der Waals surface area contributed by atoms with Crippen LogP contribution in [0.2, 0.25) is 0 Å². The molecule has 2 heterocycles. The van der Waals surface area contributed by atoms with Crippen molar-refractivity contribution in [3.8, 4) is 33.4 Å². The smallest absolute Gasteiger partial charge is 0.264 e. The van der Waals surface area contributed by atoms with Crippen LogP contribution in [0.4, 0.5) is 8.78 Å². The number of carbonyl (C=O) groups excluding carboxylic acids is 1. The molecule has 31 heavy (non-hydrogen) atoms. The molecular weight excluding hydrogens is 420 g/mol. The molecule has 1 unspecified atom stereocenters. The Morgan fingerprint density at radius 1 is 1.19 bits per heavy atom. The molecule has 4 rings (SSSR count). The third-order valence-electron chi connectivity index (χ3n) is 5.27. The highest BCUT2D eigenvalue weighted by Crippen LogP contribution is 2.41. The third-order valence-corrected chi connectivity index (χ3v) is 6.44. The van der Waals surface area contributed by atoms with Gasteiger partial charge in [-0.3, -0.25) is 4.79 Å². The van der Waals surface area contributed by atoms with E-state index in [1.165, 1.54) is 42.7 Å². The first-order valence-electron chi connectivity index (χ1n) is 9.64. The Bertz CT molecular complexity index is 1200. The summed E-state index contributed by atoms with van der Waals surface area (Å²) < 4.78 is 33.7. The fraction of sp³-hybridized carbons (Fsp3) is 0.217. The topological polar surface area (TPSA) is 79.3 Å². The second-order valence-electron chi connectivity index (χ2n) is 7.31. The molecule has 0 spiro atoms. The van der Waals surface area contributed by atoms with Gasteiger partial charge in [0.2, 0.25) is 0 Å². The molecule has 1 saturated heterocycles. The van der Waals surface area contributed by atoms with E-state index in [-0.39, 0.29) is 23.3 Å². The summed E-state index contributed by atoms with van der Waals surface area (Å²) in [6, 6.07) is 12.2. The number of carbonyl (C=O) groups is 1. The van der Waals surface area contributed by atoms with E-state index in [1.54, 1.807) is 29.2 Å². The van der Waals surface area contributed by atoms with Crippen molar-refractivity contribution in [2.45, 2.75) is 12.5 Å². The first kappa shape index (κ1) is 21.0. The molecule has 1 atom stereocenters. The lowest BCUT2D eigenvalue weighted by atomic mass is 10.0. The van der Waals surface area contributed by atoms with Crippen molar-refractivity contribution >= 4 is 17.2 Å². The average Bonchev–Trinajstić information content (AvgIpc) is 3.40. The number of hydrogen-bond acceptors (Lipinski definition) is 5. The largest absolute Gasteiger partial charge is 0.494 e. The van der Waals surface area contributed by atoms with E-state index in [1.807, 2.05) is 0 Å². The maximum Gasteiger partial charge on any atom is 0.264 e. The number of benzene rings is 2. The lowest BCUT2D eigenvalue weighted by Gasteiger charge is -2.14. The van der Waals surface area contributed by atoms with E-state index in [9.17, 15) is 13.6 Å². The lowest BCUT2D eigenvalue weighted by molar-refractivity contribution is 0.0795. The Labute approximate surface area is 182 Å². The van der Waals surface area contributed by atoms with Crippen molar-refractivity contribution in [3.63, 3.8) is 0 Å². The molecule has 2 N–H and O–H groups in total. The van der Waals surface area contributed by atoms with Crippen LogP contribution in [0.25, 0.3) is 21.6 Å². The van der Waals surface area contributed by atoms with Gasteiger partial charge in [-0.05, 0) is 53.9 Å². The average molecular weight is 439 g/mol. The van der Waals surface area contributed by atoms with Gasteiger partial charge in [-0.15, -0.1) is 11.3 Å². The summed E-state index contributed by atoms with van der Waals surface area (Å²) in [6.07, 6.45) is 0.737. The molecule has 0 aliphatic carbocycles. The zero-order valence-electron chi connectivity index (χ0n) is 16.7. The van der Waals surface area contributed by atoms with Crippen LogP contribution >= 0.6 is 11.3 Å². The summed E-state index contributed by atoms with van der Waals surface area (Å²) in [5, 5.41) is 9.01. The fourth-order valence-electron chi connectivity index (χ4n) is 3.63. The number of nitrogens with zero attached hydrogens (tertiary/aromatic N) is 2. The van der Waals surface area contributed by atoms with Gasteiger partial charge in [-0.1, -0.05) is 6.07 Å². The summed E-state index contributed by atoms with van der Waals surface area (Å²) >= 11 is 1.21. The number of hydrogen-bond donors (Lipinski definition) is 1. The van der Waals surface area contributed by atoms with Gasteiger partial charge in [0.25, 0.3) is 5.91 Å². The Morgan fingerprint density at radius 3 is 2.55 bits per heavy atom. The number of amides is 1. The van der Waals surface area contributed by atoms with Gasteiger partial charge in [0.15, 0.2) is 11.6 Å². The van der Waals surface area contributed by atoms with Crippen molar-refractivity contribution in [1.82, 2.24) is 4.90 Å². The molecular formula is C23H19F2N3O2S. The van der Waals surface area contributed by atoms with Crippen LogP contribution in [0.15, 0.2) is 42.5 Å². The molecule has 1 aliphatic heterocycles. The molecule has 5 nitrogen and oxygen atoms in total. The molecule has 2 aromatic carbocycles. The van der Waals surface area contributed by atoms with Gasteiger partial charge in [0, 0.05) is 29.6 Å². The molecule has 1 fully saturated rings. The summed E-state index contributed by atoms with van der Waals surface area (Å²) in [7, 11) is 1.38. The molecule has 8 heteroatoms. The van der Waals surface area contributed by atoms with E-state index in [4.69, 9.17) is 15.7 Å². The second kappa shape index (κ2) is 8.46. The molecule has 1 amide bonds. The van der Waals surface area contributed by atoms with Crippen LogP contribution in [0, 0.1) is 23.0 Å². The van der Waals surface area contributed by atoms with Gasteiger partial charge in [-0.2, -0.15) is 5.26 Å². The zero-order chi connectivity index (χ0) is 22.1. The van der Waals surface area contributed by atoms with E-state index in [0.717, 1.165) is 6.42 Å². The lowest BCUT2D eigenvalue weighted by Crippen LogP contribution is -2.31. The highest BCUT2D eigenvalue weighted by molar-refractivity contribution is 7.18. The number of ether oxygens (including phenoxy) is 1. The summed E-state index contributed by atoms with van der Waals surface area (Å²) in [5.74, 6) is -1.25. The minimum atomic E-state index is -0.656. The maximum atomic E-state index is 14.4. The molecule has 1 aliphatic rings. The first-order chi connectivity index (χ1) is 14.9. The SMILES string of the molecule is COc1ccc(-c2sc(C(=O)N3CCC(N)C3)cc2-c2ccc(C#N)c(F)c2)cc1F. The fourth-order valence-corrected chi connectivity index (χ4v) is 4.78. The Hall–Kier alpha value is -3.28. The Morgan fingerprint density at radius 2 is 1.94 bits per heavy atom. The molecule has 158 valence electrons.